The number of hydrogen-bond donors (Lipinski definition) is 2. The lowest BCUT2D eigenvalue weighted by Gasteiger charge is -2.22. The molecule has 0 spiro atoms. The Morgan fingerprint density at radius 2 is 1.71 bits per heavy atom. The van der Waals surface area contributed by atoms with Crippen molar-refractivity contribution in [2.45, 2.75) is 12.5 Å². The Hall–Kier alpha value is -4.53. The molecule has 3 aromatic rings. The summed E-state index contributed by atoms with van der Waals surface area (Å²) in [5, 5.41) is 5.38. The van der Waals surface area contributed by atoms with Gasteiger partial charge >= 0.3 is 6.03 Å². The van der Waals surface area contributed by atoms with E-state index >= 15 is 0 Å². The van der Waals surface area contributed by atoms with Crippen LogP contribution in [0.3, 0.4) is 0 Å². The molecule has 3 aromatic carbocycles. The highest BCUT2D eigenvalue weighted by atomic mass is 16.7. The van der Waals surface area contributed by atoms with Gasteiger partial charge in [-0.2, -0.15) is 0 Å². The zero-order valence-electron chi connectivity index (χ0n) is 18.2. The van der Waals surface area contributed by atoms with Crippen LogP contribution in [0, 0.1) is 0 Å². The smallest absolute Gasteiger partial charge is 0.325 e. The molecule has 0 saturated carbocycles. The normalized spacial score (nSPS) is 18.6. The largest absolute Gasteiger partial charge is 0.457 e. The fourth-order valence-corrected chi connectivity index (χ4v) is 3.82. The van der Waals surface area contributed by atoms with Gasteiger partial charge in [0.05, 0.1) is 0 Å². The zero-order chi connectivity index (χ0) is 23.7. The van der Waals surface area contributed by atoms with Crippen LogP contribution >= 0.6 is 0 Å². The highest BCUT2D eigenvalue weighted by Crippen LogP contribution is 2.37. The van der Waals surface area contributed by atoms with Gasteiger partial charge in [0, 0.05) is 5.69 Å². The topological polar surface area (TPSA) is 106 Å². The summed E-state index contributed by atoms with van der Waals surface area (Å²) < 4.78 is 16.4. The number of nitrogens with one attached hydrogen (secondary N) is 2. The molecule has 0 aliphatic carbocycles. The Morgan fingerprint density at radius 3 is 2.47 bits per heavy atom. The molecule has 172 valence electrons. The van der Waals surface area contributed by atoms with Crippen molar-refractivity contribution in [2.24, 2.45) is 0 Å². The van der Waals surface area contributed by atoms with E-state index < -0.39 is 29.9 Å². The number of benzene rings is 3. The van der Waals surface area contributed by atoms with Crippen molar-refractivity contribution in [2.75, 3.05) is 18.7 Å². The lowest BCUT2D eigenvalue weighted by Crippen LogP contribution is -2.42. The van der Waals surface area contributed by atoms with Crippen LogP contribution in [0.15, 0.2) is 72.8 Å². The number of carbonyl (C=O) groups excluding carboxylic acids is 3. The lowest BCUT2D eigenvalue weighted by atomic mass is 9.91. The van der Waals surface area contributed by atoms with E-state index in [1.54, 1.807) is 49.4 Å². The summed E-state index contributed by atoms with van der Waals surface area (Å²) in [6.07, 6.45) is 0. The van der Waals surface area contributed by atoms with Gasteiger partial charge < -0.3 is 24.8 Å². The summed E-state index contributed by atoms with van der Waals surface area (Å²) >= 11 is 0. The van der Waals surface area contributed by atoms with Gasteiger partial charge in [-0.25, -0.2) is 4.79 Å². The van der Waals surface area contributed by atoms with Gasteiger partial charge in [0.25, 0.3) is 5.91 Å². The highest BCUT2D eigenvalue weighted by molar-refractivity contribution is 6.10. The maximum atomic E-state index is 13.1. The first-order valence-electron chi connectivity index (χ1n) is 10.6. The minimum atomic E-state index is -1.32. The van der Waals surface area contributed by atoms with Crippen molar-refractivity contribution < 1.29 is 28.6 Å². The van der Waals surface area contributed by atoms with E-state index in [2.05, 4.69) is 10.6 Å². The molecule has 0 unspecified atom stereocenters. The summed E-state index contributed by atoms with van der Waals surface area (Å²) in [5.74, 6) is 1.34. The average molecular weight is 459 g/mol. The second kappa shape index (κ2) is 8.43. The average Bonchev–Trinajstić information content (AvgIpc) is 3.39. The predicted octanol–water partition coefficient (Wildman–Crippen LogP) is 3.61. The van der Waals surface area contributed by atoms with Crippen molar-refractivity contribution in [1.82, 2.24) is 10.2 Å². The predicted molar refractivity (Wildman–Crippen MR) is 122 cm³/mol. The van der Waals surface area contributed by atoms with Crippen LogP contribution in [0.25, 0.3) is 0 Å². The van der Waals surface area contributed by atoms with E-state index in [-0.39, 0.29) is 6.79 Å². The van der Waals surface area contributed by atoms with Crippen LogP contribution in [0.5, 0.6) is 23.0 Å². The summed E-state index contributed by atoms with van der Waals surface area (Å²) in [5.41, 5.74) is -0.280. The molecule has 2 aliphatic rings. The Balaban J connectivity index is 1.23. The van der Waals surface area contributed by atoms with Crippen molar-refractivity contribution in [3.63, 3.8) is 0 Å². The van der Waals surface area contributed by atoms with Gasteiger partial charge in [0.1, 0.15) is 23.6 Å². The Kier molecular flexibility index (Phi) is 5.29. The molecule has 1 saturated heterocycles. The van der Waals surface area contributed by atoms with Gasteiger partial charge in [-0.15, -0.1) is 0 Å². The summed E-state index contributed by atoms with van der Waals surface area (Å²) in [7, 11) is 0. The first kappa shape index (κ1) is 21.3. The number of amides is 4. The number of hydrogen-bond acceptors (Lipinski definition) is 6. The summed E-state index contributed by atoms with van der Waals surface area (Å²) in [4.78, 5) is 39.2. The number of nitrogens with zero attached hydrogens (tertiary/aromatic N) is 1. The fourth-order valence-electron chi connectivity index (χ4n) is 3.82. The summed E-state index contributed by atoms with van der Waals surface area (Å²) in [6.45, 7) is 1.27. The molecule has 9 nitrogen and oxygen atoms in total. The second-order valence-electron chi connectivity index (χ2n) is 8.00. The lowest BCUT2D eigenvalue weighted by molar-refractivity contribution is -0.133. The minimum absolute atomic E-state index is 0.0987. The van der Waals surface area contributed by atoms with Crippen molar-refractivity contribution in [3.8, 4) is 23.0 Å². The van der Waals surface area contributed by atoms with Crippen molar-refractivity contribution >= 4 is 23.5 Å². The molecule has 2 N–H and O–H groups in total. The number of anilines is 1. The van der Waals surface area contributed by atoms with E-state index in [1.807, 2.05) is 30.3 Å². The van der Waals surface area contributed by atoms with E-state index in [1.165, 1.54) is 0 Å². The maximum absolute atomic E-state index is 13.1. The highest BCUT2D eigenvalue weighted by Gasteiger charge is 2.49. The Morgan fingerprint density at radius 1 is 1.00 bits per heavy atom. The number of fused-ring (bicyclic) bond motifs is 1. The Bertz CT molecular complexity index is 1260. The molecule has 2 heterocycles. The molecule has 1 fully saturated rings. The fraction of sp³-hybridized carbons (Fsp3) is 0.160. The number of imide groups is 1. The number of ether oxygens (including phenoxy) is 3. The Labute approximate surface area is 195 Å². The molecule has 9 heteroatoms. The maximum Gasteiger partial charge on any atom is 0.325 e. The zero-order valence-corrected chi connectivity index (χ0v) is 18.2. The quantitative estimate of drug-likeness (QED) is 0.546. The molecule has 5 rings (SSSR count). The third-order valence-corrected chi connectivity index (χ3v) is 5.64. The third kappa shape index (κ3) is 3.99. The SMILES string of the molecule is C[C@]1(c2ccc3c(c2)OCO3)NC(=O)N(CC(=O)Nc2ccc(Oc3ccccc3)cc2)C1=O. The van der Waals surface area contributed by atoms with E-state index in [9.17, 15) is 14.4 Å². The van der Waals surface area contributed by atoms with Gasteiger partial charge in [-0.3, -0.25) is 14.5 Å². The van der Waals surface area contributed by atoms with E-state index in [0.717, 1.165) is 4.90 Å². The number of para-hydroxylation sites is 1. The van der Waals surface area contributed by atoms with E-state index in [0.29, 0.717) is 34.2 Å². The van der Waals surface area contributed by atoms with Crippen LogP contribution < -0.4 is 24.8 Å². The minimum Gasteiger partial charge on any atom is -0.457 e. The van der Waals surface area contributed by atoms with Crippen molar-refractivity contribution in [3.05, 3.63) is 78.4 Å². The monoisotopic (exact) mass is 459 g/mol. The molecular formula is C25H21N3O6. The second-order valence-corrected chi connectivity index (χ2v) is 8.00. The first-order valence-corrected chi connectivity index (χ1v) is 10.6. The number of carbonyl (C=O) groups is 3. The van der Waals surface area contributed by atoms with Crippen molar-refractivity contribution in [1.29, 1.82) is 0 Å². The molecule has 34 heavy (non-hydrogen) atoms. The number of urea groups is 1. The van der Waals surface area contributed by atoms with Crippen LogP contribution in [0.1, 0.15) is 12.5 Å². The molecule has 1 atom stereocenters. The summed E-state index contributed by atoms with van der Waals surface area (Å²) in [6, 6.07) is 20.5. The van der Waals surface area contributed by atoms with Crippen LogP contribution in [0.4, 0.5) is 10.5 Å². The molecular weight excluding hydrogens is 438 g/mol. The molecule has 4 amide bonds. The van der Waals surface area contributed by atoms with E-state index in [4.69, 9.17) is 14.2 Å². The first-order chi connectivity index (χ1) is 16.4. The molecule has 0 radical (unpaired) electrons. The molecule has 0 bridgehead atoms. The van der Waals surface area contributed by atoms with Crippen LogP contribution in [-0.2, 0) is 15.1 Å². The van der Waals surface area contributed by atoms with Gasteiger partial charge in [0.2, 0.25) is 12.7 Å². The van der Waals surface area contributed by atoms with Gasteiger partial charge in [-0.1, -0.05) is 24.3 Å². The van der Waals surface area contributed by atoms with Gasteiger partial charge in [0.15, 0.2) is 11.5 Å². The van der Waals surface area contributed by atoms with Gasteiger partial charge in [-0.05, 0) is 61.0 Å². The number of rotatable bonds is 6. The van der Waals surface area contributed by atoms with Crippen LogP contribution in [-0.4, -0.2) is 36.1 Å². The molecule has 0 aromatic heterocycles. The third-order valence-electron chi connectivity index (χ3n) is 5.64. The molecule has 2 aliphatic heterocycles. The van der Waals surface area contributed by atoms with Crippen LogP contribution in [0.2, 0.25) is 0 Å². The standard InChI is InChI=1S/C25H21N3O6/c1-25(16-7-12-20-21(13-16)33-15-32-20)23(30)28(24(31)27-25)14-22(29)26-17-8-10-19(11-9-17)34-18-5-3-2-4-6-18/h2-13H,14-15H2,1H3,(H,26,29)(H,27,31)/t25-/m1/s1.